The van der Waals surface area contributed by atoms with Gasteiger partial charge in [0.25, 0.3) is 11.8 Å². The Labute approximate surface area is 209 Å². The number of fused-ring (bicyclic) bond motifs is 1. The lowest BCUT2D eigenvalue weighted by atomic mass is 9.97. The number of ether oxygens (including phenoxy) is 1. The van der Waals surface area contributed by atoms with Crippen LogP contribution in [0.15, 0.2) is 11.4 Å². The Balaban J connectivity index is 1.23. The number of hydrogen-bond donors (Lipinski definition) is 0. The zero-order valence-corrected chi connectivity index (χ0v) is 21.3. The van der Waals surface area contributed by atoms with E-state index in [9.17, 15) is 14.4 Å². The molecule has 35 heavy (non-hydrogen) atoms. The van der Waals surface area contributed by atoms with Crippen LogP contribution in [0, 0.1) is 13.8 Å². The summed E-state index contributed by atoms with van der Waals surface area (Å²) in [5.41, 5.74) is 2.77. The molecule has 1 atom stereocenters. The number of carbonyl (C=O) groups excluding carboxylic acids is 3. The predicted molar refractivity (Wildman–Crippen MR) is 130 cm³/mol. The van der Waals surface area contributed by atoms with Gasteiger partial charge in [-0.3, -0.25) is 9.59 Å². The second-order valence-electron chi connectivity index (χ2n) is 8.57. The maximum Gasteiger partial charge on any atom is 0.339 e. The Bertz CT molecular complexity index is 1300. The number of nitrogens with zero attached hydrogens (tertiary/aromatic N) is 7. The summed E-state index contributed by atoms with van der Waals surface area (Å²) in [7, 11) is 1.33. The molecule has 0 aromatic carbocycles. The average Bonchev–Trinajstić information content (AvgIpc) is 3.62. The van der Waals surface area contributed by atoms with E-state index >= 15 is 0 Å². The fourth-order valence-corrected chi connectivity index (χ4v) is 6.55. The molecular formula is C22H25N7O4S2. The molecule has 0 radical (unpaired) electrons. The maximum atomic E-state index is 13.1. The summed E-state index contributed by atoms with van der Waals surface area (Å²) < 4.78 is 6.48. The van der Waals surface area contributed by atoms with Crippen LogP contribution in [0.4, 0.5) is 0 Å². The molecule has 5 rings (SSSR count). The number of thiazole rings is 1. The number of likely N-dealkylation sites (tertiary alicyclic amines) is 1. The zero-order valence-electron chi connectivity index (χ0n) is 19.6. The predicted octanol–water partition coefficient (Wildman–Crippen LogP) is 1.91. The lowest BCUT2D eigenvalue weighted by molar-refractivity contribution is -0.142. The average molecular weight is 516 g/mol. The van der Waals surface area contributed by atoms with Crippen molar-refractivity contribution in [3.8, 4) is 0 Å². The highest BCUT2D eigenvalue weighted by Gasteiger charge is 2.37. The number of amides is 2. The van der Waals surface area contributed by atoms with Crippen LogP contribution in [0.1, 0.15) is 56.1 Å². The normalized spacial score (nSPS) is 18.9. The quantitative estimate of drug-likeness (QED) is 0.479. The number of aryl methyl sites for hydroxylation is 2. The highest BCUT2D eigenvalue weighted by atomic mass is 32.2. The van der Waals surface area contributed by atoms with Crippen molar-refractivity contribution in [2.75, 3.05) is 32.5 Å². The van der Waals surface area contributed by atoms with E-state index in [4.69, 9.17) is 4.74 Å². The van der Waals surface area contributed by atoms with Gasteiger partial charge in [-0.2, -0.15) is 5.10 Å². The first-order valence-corrected chi connectivity index (χ1v) is 13.2. The van der Waals surface area contributed by atoms with Gasteiger partial charge in [-0.05, 0) is 26.7 Å². The summed E-state index contributed by atoms with van der Waals surface area (Å²) >= 11 is 2.85. The third kappa shape index (κ3) is 4.38. The van der Waals surface area contributed by atoms with Crippen LogP contribution in [-0.2, 0) is 9.53 Å². The van der Waals surface area contributed by atoms with Crippen molar-refractivity contribution in [3.05, 3.63) is 39.2 Å². The van der Waals surface area contributed by atoms with Gasteiger partial charge in [-0.15, -0.1) is 33.3 Å². The van der Waals surface area contributed by atoms with Crippen LogP contribution in [-0.4, -0.2) is 90.2 Å². The van der Waals surface area contributed by atoms with E-state index in [1.54, 1.807) is 14.8 Å². The molecule has 0 bridgehead atoms. The molecule has 0 aliphatic carbocycles. The summed E-state index contributed by atoms with van der Waals surface area (Å²) in [6, 6.07) is 1.82. The number of hydrogen-bond acceptors (Lipinski definition) is 10. The molecule has 11 nitrogen and oxygen atoms in total. The van der Waals surface area contributed by atoms with Crippen molar-refractivity contribution < 1.29 is 19.1 Å². The van der Waals surface area contributed by atoms with Gasteiger partial charge < -0.3 is 14.5 Å². The van der Waals surface area contributed by atoms with Gasteiger partial charge in [0, 0.05) is 42.8 Å². The smallest absolute Gasteiger partial charge is 0.339 e. The van der Waals surface area contributed by atoms with Gasteiger partial charge in [0.05, 0.1) is 23.5 Å². The number of esters is 1. The highest BCUT2D eigenvalue weighted by molar-refractivity contribution is 8.00. The van der Waals surface area contributed by atoms with Gasteiger partial charge in [0.15, 0.2) is 16.7 Å². The van der Waals surface area contributed by atoms with E-state index in [0.29, 0.717) is 48.1 Å². The van der Waals surface area contributed by atoms with Crippen molar-refractivity contribution >= 4 is 46.5 Å². The fraction of sp³-hybridized carbons (Fsp3) is 0.500. The largest absolute Gasteiger partial charge is 0.467 e. The Hall–Kier alpha value is -3.06. The number of carbonyl (C=O) groups is 3. The third-order valence-electron chi connectivity index (χ3n) is 6.36. The van der Waals surface area contributed by atoms with E-state index in [-0.39, 0.29) is 17.7 Å². The standard InChI is InChI=1S/C22H25N7O4S2/c1-12-10-16-24-25-17(13(2)29(16)26-12)20(31)27-6-4-14(5-7-27)18-23-15(11-35-18)19(30)28-8-9-34-21(28)22(32)33-3/h10-11,14,21H,4-9H2,1-3H3. The first-order chi connectivity index (χ1) is 16.9. The zero-order chi connectivity index (χ0) is 24.7. The summed E-state index contributed by atoms with van der Waals surface area (Å²) in [6.07, 6.45) is 1.49. The molecule has 2 amide bonds. The van der Waals surface area contributed by atoms with E-state index in [1.165, 1.54) is 35.1 Å². The van der Waals surface area contributed by atoms with E-state index in [2.05, 4.69) is 20.3 Å². The van der Waals surface area contributed by atoms with E-state index < -0.39 is 11.3 Å². The first-order valence-electron chi connectivity index (χ1n) is 11.3. The Kier molecular flexibility index (Phi) is 6.45. The molecule has 3 aromatic heterocycles. The summed E-state index contributed by atoms with van der Waals surface area (Å²) in [4.78, 5) is 46.0. The number of piperidine rings is 1. The molecule has 0 spiro atoms. The van der Waals surface area contributed by atoms with Gasteiger partial charge in [-0.1, -0.05) is 0 Å². The monoisotopic (exact) mass is 515 g/mol. The number of aromatic nitrogens is 5. The minimum atomic E-state index is -0.622. The number of thioether (sulfide) groups is 1. The second-order valence-corrected chi connectivity index (χ2v) is 10.6. The van der Waals surface area contributed by atoms with Crippen LogP contribution in [0.2, 0.25) is 0 Å². The molecule has 0 saturated carbocycles. The van der Waals surface area contributed by atoms with Crippen molar-refractivity contribution in [3.63, 3.8) is 0 Å². The van der Waals surface area contributed by atoms with Crippen LogP contribution < -0.4 is 0 Å². The number of methoxy groups -OCH3 is 1. The van der Waals surface area contributed by atoms with E-state index in [1.807, 2.05) is 19.9 Å². The molecule has 2 aliphatic heterocycles. The van der Waals surface area contributed by atoms with Crippen LogP contribution in [0.3, 0.4) is 0 Å². The summed E-state index contributed by atoms with van der Waals surface area (Å²) in [5.74, 6) is 0.0254. The number of rotatable bonds is 4. The van der Waals surface area contributed by atoms with Gasteiger partial charge in [0.1, 0.15) is 5.69 Å². The lowest BCUT2D eigenvalue weighted by Crippen LogP contribution is -2.40. The molecule has 2 saturated heterocycles. The fourth-order valence-electron chi connectivity index (χ4n) is 4.45. The van der Waals surface area contributed by atoms with Crippen LogP contribution >= 0.6 is 23.1 Å². The Morgan fingerprint density at radius 1 is 1.09 bits per heavy atom. The van der Waals surface area contributed by atoms with Crippen molar-refractivity contribution in [2.45, 2.75) is 38.0 Å². The van der Waals surface area contributed by atoms with Crippen LogP contribution in [0.5, 0.6) is 0 Å². The molecule has 2 aliphatic rings. The molecule has 1 unspecified atom stereocenters. The Morgan fingerprint density at radius 3 is 2.60 bits per heavy atom. The van der Waals surface area contributed by atoms with Crippen molar-refractivity contribution in [2.24, 2.45) is 0 Å². The molecule has 3 aromatic rings. The summed E-state index contributed by atoms with van der Waals surface area (Å²) in [5, 5.41) is 14.7. The lowest BCUT2D eigenvalue weighted by Gasteiger charge is -2.31. The second kappa shape index (κ2) is 9.53. The van der Waals surface area contributed by atoms with Gasteiger partial charge in [-0.25, -0.2) is 14.3 Å². The molecule has 184 valence electrons. The first kappa shape index (κ1) is 23.7. The van der Waals surface area contributed by atoms with Gasteiger partial charge >= 0.3 is 5.97 Å². The molecule has 2 fully saturated rings. The Morgan fingerprint density at radius 2 is 1.86 bits per heavy atom. The highest BCUT2D eigenvalue weighted by Crippen LogP contribution is 2.32. The van der Waals surface area contributed by atoms with Crippen molar-refractivity contribution in [1.29, 1.82) is 0 Å². The minimum Gasteiger partial charge on any atom is -0.467 e. The minimum absolute atomic E-state index is 0.154. The molecule has 0 N–H and O–H groups in total. The maximum absolute atomic E-state index is 13.1. The molecule has 13 heteroatoms. The SMILES string of the molecule is COC(=O)C1SCCN1C(=O)c1csc(C2CCN(C(=O)c3nnc4cc(C)nn4c3C)CC2)n1. The molecular weight excluding hydrogens is 490 g/mol. The third-order valence-corrected chi connectivity index (χ3v) is 8.54. The van der Waals surface area contributed by atoms with E-state index in [0.717, 1.165) is 23.5 Å². The van der Waals surface area contributed by atoms with Crippen LogP contribution in [0.25, 0.3) is 5.65 Å². The van der Waals surface area contributed by atoms with Gasteiger partial charge in [0.2, 0.25) is 0 Å². The topological polar surface area (TPSA) is 123 Å². The van der Waals surface area contributed by atoms with Crippen molar-refractivity contribution in [1.82, 2.24) is 34.6 Å². The summed E-state index contributed by atoms with van der Waals surface area (Å²) in [6.45, 7) is 5.32. The molecule has 5 heterocycles.